The van der Waals surface area contributed by atoms with Crippen LogP contribution < -0.4 is 26.0 Å². The number of amides is 2. The summed E-state index contributed by atoms with van der Waals surface area (Å²) in [6.07, 6.45) is 8.05. The van der Waals surface area contributed by atoms with Crippen LogP contribution in [0, 0.1) is 6.92 Å². The van der Waals surface area contributed by atoms with Gasteiger partial charge in [-0.15, -0.1) is 0 Å². The molecule has 3 aromatic rings. The van der Waals surface area contributed by atoms with Gasteiger partial charge in [0.1, 0.15) is 17.1 Å². The summed E-state index contributed by atoms with van der Waals surface area (Å²) in [6, 6.07) is 3.84. The third kappa shape index (κ3) is 5.69. The highest BCUT2D eigenvalue weighted by Gasteiger charge is 2.24. The Hall–Kier alpha value is -4.61. The zero-order valence-electron chi connectivity index (χ0n) is 22.1. The molecule has 1 aromatic carbocycles. The van der Waals surface area contributed by atoms with E-state index in [-0.39, 0.29) is 29.3 Å². The third-order valence-corrected chi connectivity index (χ3v) is 6.42. The number of carbonyl (C=O) groups is 2. The van der Waals surface area contributed by atoms with Crippen molar-refractivity contribution in [3.05, 3.63) is 54.5 Å². The van der Waals surface area contributed by atoms with Crippen molar-refractivity contribution in [3.8, 4) is 5.75 Å². The van der Waals surface area contributed by atoms with Crippen molar-refractivity contribution in [3.63, 3.8) is 0 Å². The first-order valence-electron chi connectivity index (χ1n) is 12.2. The lowest BCUT2D eigenvalue weighted by atomic mass is 10.1. The predicted octanol–water partition coefficient (Wildman–Crippen LogP) is 2.99. The summed E-state index contributed by atoms with van der Waals surface area (Å²) in [5.74, 6) is 0.517. The van der Waals surface area contributed by atoms with E-state index in [4.69, 9.17) is 10.5 Å². The van der Waals surface area contributed by atoms with Crippen LogP contribution in [0.4, 0.5) is 28.8 Å². The number of aromatic nitrogens is 4. The number of piperidine rings is 1. The standard InChI is InChI=1S/C26H33N9O3/c1-6-22(36)34-9-7-8-18(15-34)35-14-17(12-29-35)30-26-28-13-20(24(27)37)25(32-26)31-23-16(2)10-19(38-5)11-21(23)33(3)4/h6,10-14,18H,1,7-9,15H2,2-5H3,(H2,27,37)(H2,28,30,31,32). The van der Waals surface area contributed by atoms with Gasteiger partial charge in [0.05, 0.1) is 36.4 Å². The molecule has 12 nitrogen and oxygen atoms in total. The van der Waals surface area contributed by atoms with Crippen LogP contribution in [0.3, 0.4) is 0 Å². The predicted molar refractivity (Wildman–Crippen MR) is 146 cm³/mol. The number of benzene rings is 1. The Morgan fingerprint density at radius 3 is 2.74 bits per heavy atom. The van der Waals surface area contributed by atoms with E-state index in [9.17, 15) is 9.59 Å². The molecule has 1 aliphatic heterocycles. The van der Waals surface area contributed by atoms with Gasteiger partial charge in [0.2, 0.25) is 11.9 Å². The fourth-order valence-electron chi connectivity index (χ4n) is 4.44. The average molecular weight is 520 g/mol. The summed E-state index contributed by atoms with van der Waals surface area (Å²) >= 11 is 0. The molecule has 0 aliphatic carbocycles. The second kappa shape index (κ2) is 11.2. The maximum Gasteiger partial charge on any atom is 0.254 e. The molecule has 1 aliphatic rings. The first-order valence-corrected chi connectivity index (χ1v) is 12.2. The van der Waals surface area contributed by atoms with Crippen molar-refractivity contribution < 1.29 is 14.3 Å². The molecule has 4 N–H and O–H groups in total. The summed E-state index contributed by atoms with van der Waals surface area (Å²) in [4.78, 5) is 36.8. The van der Waals surface area contributed by atoms with Gasteiger partial charge in [0, 0.05) is 45.6 Å². The molecule has 1 fully saturated rings. The van der Waals surface area contributed by atoms with Crippen LogP contribution >= 0.6 is 0 Å². The zero-order valence-corrected chi connectivity index (χ0v) is 22.1. The van der Waals surface area contributed by atoms with E-state index in [1.807, 2.05) is 48.9 Å². The molecule has 12 heteroatoms. The molecule has 0 radical (unpaired) electrons. The zero-order chi connectivity index (χ0) is 27.4. The Morgan fingerprint density at radius 1 is 1.26 bits per heavy atom. The Morgan fingerprint density at radius 2 is 2.05 bits per heavy atom. The normalized spacial score (nSPS) is 15.1. The fraction of sp³-hybridized carbons (Fsp3) is 0.346. The number of methoxy groups -OCH3 is 1. The fourth-order valence-corrected chi connectivity index (χ4v) is 4.44. The largest absolute Gasteiger partial charge is 0.497 e. The monoisotopic (exact) mass is 519 g/mol. The number of nitrogens with one attached hydrogen (secondary N) is 2. The van der Waals surface area contributed by atoms with Gasteiger partial charge in [-0.05, 0) is 37.5 Å². The number of rotatable bonds is 9. The van der Waals surface area contributed by atoms with Gasteiger partial charge in [0.25, 0.3) is 5.91 Å². The van der Waals surface area contributed by atoms with Gasteiger partial charge in [-0.1, -0.05) is 6.58 Å². The van der Waals surface area contributed by atoms with Crippen molar-refractivity contribution in [1.29, 1.82) is 0 Å². The minimum Gasteiger partial charge on any atom is -0.497 e. The van der Waals surface area contributed by atoms with E-state index >= 15 is 0 Å². The van der Waals surface area contributed by atoms with Crippen LogP contribution in [0.1, 0.15) is 34.8 Å². The topological polar surface area (TPSA) is 144 Å². The number of nitrogens with zero attached hydrogens (tertiary/aromatic N) is 6. The Balaban J connectivity index is 1.59. The molecule has 200 valence electrons. The van der Waals surface area contributed by atoms with Gasteiger partial charge < -0.3 is 30.9 Å². The molecule has 3 heterocycles. The number of aryl methyl sites for hydroxylation is 1. The molecule has 0 spiro atoms. The van der Waals surface area contributed by atoms with Crippen LogP contribution in [0.5, 0.6) is 5.75 Å². The number of hydrogen-bond donors (Lipinski definition) is 3. The third-order valence-electron chi connectivity index (χ3n) is 6.42. The molecule has 4 rings (SSSR count). The quantitative estimate of drug-likeness (QED) is 0.363. The van der Waals surface area contributed by atoms with Crippen LogP contribution in [-0.4, -0.2) is 70.8 Å². The van der Waals surface area contributed by atoms with Gasteiger partial charge in [0.15, 0.2) is 0 Å². The number of likely N-dealkylation sites (tertiary alicyclic amines) is 1. The highest BCUT2D eigenvalue weighted by atomic mass is 16.5. The van der Waals surface area contributed by atoms with E-state index in [0.717, 1.165) is 29.8 Å². The van der Waals surface area contributed by atoms with E-state index in [2.05, 4.69) is 32.3 Å². The summed E-state index contributed by atoms with van der Waals surface area (Å²) < 4.78 is 7.25. The summed E-state index contributed by atoms with van der Waals surface area (Å²) in [6.45, 7) is 6.80. The summed E-state index contributed by atoms with van der Waals surface area (Å²) in [5, 5.41) is 10.9. The van der Waals surface area contributed by atoms with E-state index < -0.39 is 5.91 Å². The summed E-state index contributed by atoms with van der Waals surface area (Å²) in [5.41, 5.74) is 8.95. The smallest absolute Gasteiger partial charge is 0.254 e. The number of primary amides is 1. The number of carbonyl (C=O) groups excluding carboxylic acids is 2. The molecule has 2 amide bonds. The van der Waals surface area contributed by atoms with Crippen LogP contribution in [0.25, 0.3) is 0 Å². The van der Waals surface area contributed by atoms with Crippen LogP contribution in [0.15, 0.2) is 43.4 Å². The van der Waals surface area contributed by atoms with E-state index in [1.54, 1.807) is 18.2 Å². The number of anilines is 5. The van der Waals surface area contributed by atoms with Gasteiger partial charge in [-0.2, -0.15) is 10.1 Å². The first-order chi connectivity index (χ1) is 18.2. The maximum atomic E-state index is 12.2. The van der Waals surface area contributed by atoms with Gasteiger partial charge in [-0.3, -0.25) is 14.3 Å². The lowest BCUT2D eigenvalue weighted by Gasteiger charge is -2.32. The van der Waals surface area contributed by atoms with E-state index in [0.29, 0.717) is 24.5 Å². The van der Waals surface area contributed by atoms with Crippen molar-refractivity contribution in [2.45, 2.75) is 25.8 Å². The molecule has 1 saturated heterocycles. The van der Waals surface area contributed by atoms with Crippen molar-refractivity contribution in [1.82, 2.24) is 24.6 Å². The average Bonchev–Trinajstić information content (AvgIpc) is 3.37. The molecule has 0 bridgehead atoms. The first kappa shape index (κ1) is 26.5. The number of hydrogen-bond acceptors (Lipinski definition) is 9. The second-order valence-corrected chi connectivity index (χ2v) is 9.30. The Labute approximate surface area is 221 Å². The maximum absolute atomic E-state index is 12.2. The van der Waals surface area contributed by atoms with Gasteiger partial charge >= 0.3 is 0 Å². The summed E-state index contributed by atoms with van der Waals surface area (Å²) in [7, 11) is 5.44. The molecular weight excluding hydrogens is 486 g/mol. The Bertz CT molecular complexity index is 1350. The van der Waals surface area contributed by atoms with Crippen molar-refractivity contribution >= 4 is 40.6 Å². The lowest BCUT2D eigenvalue weighted by molar-refractivity contribution is -0.127. The van der Waals surface area contributed by atoms with Crippen LogP contribution in [0.2, 0.25) is 0 Å². The minimum atomic E-state index is -0.652. The molecule has 38 heavy (non-hydrogen) atoms. The lowest BCUT2D eigenvalue weighted by Crippen LogP contribution is -2.39. The molecule has 2 aromatic heterocycles. The highest BCUT2D eigenvalue weighted by molar-refractivity contribution is 5.99. The number of ether oxygens (including phenoxy) is 1. The van der Waals surface area contributed by atoms with Crippen molar-refractivity contribution in [2.75, 3.05) is 49.8 Å². The SMILES string of the molecule is C=CC(=O)N1CCCC(n2cc(Nc3ncc(C(N)=O)c(Nc4c(C)cc(OC)cc4N(C)C)n3)cn2)C1. The van der Waals surface area contributed by atoms with Crippen molar-refractivity contribution in [2.24, 2.45) is 5.73 Å². The molecule has 0 saturated carbocycles. The Kier molecular flexibility index (Phi) is 7.79. The number of nitrogens with two attached hydrogens (primary N) is 1. The van der Waals surface area contributed by atoms with Gasteiger partial charge in [-0.25, -0.2) is 4.98 Å². The molecule has 1 atom stereocenters. The molecule has 1 unspecified atom stereocenters. The minimum absolute atomic E-state index is 0.0566. The van der Waals surface area contributed by atoms with E-state index in [1.165, 1.54) is 12.3 Å². The van der Waals surface area contributed by atoms with Crippen LogP contribution in [-0.2, 0) is 4.79 Å². The highest BCUT2D eigenvalue weighted by Crippen LogP contribution is 2.35. The second-order valence-electron chi connectivity index (χ2n) is 9.30. The molecular formula is C26H33N9O3.